The fourth-order valence-corrected chi connectivity index (χ4v) is 1.98. The van der Waals surface area contributed by atoms with Crippen LogP contribution in [0.15, 0.2) is 22.2 Å². The molecule has 2 aromatic heterocycles. The minimum atomic E-state index is -1.31. The Morgan fingerprint density at radius 1 is 1.52 bits per heavy atom. The van der Waals surface area contributed by atoms with Crippen molar-refractivity contribution in [1.29, 1.82) is 0 Å². The number of fused-ring (bicyclic) bond motifs is 1. The molecule has 112 valence electrons. The molecule has 2 heterocycles. The van der Waals surface area contributed by atoms with Crippen LogP contribution in [-0.4, -0.2) is 38.6 Å². The molecule has 0 fully saturated rings. The van der Waals surface area contributed by atoms with Crippen molar-refractivity contribution in [3.8, 4) is 0 Å². The van der Waals surface area contributed by atoms with Gasteiger partial charge in [0.05, 0.1) is 0 Å². The van der Waals surface area contributed by atoms with Crippen molar-refractivity contribution in [2.75, 3.05) is 12.9 Å². The Kier molecular flexibility index (Phi) is 4.46. The molecule has 0 saturated carbocycles. The number of thioether (sulfide) groups is 1. The van der Waals surface area contributed by atoms with Gasteiger partial charge in [-0.1, -0.05) is 25.6 Å². The van der Waals surface area contributed by atoms with E-state index in [-0.39, 0.29) is 23.7 Å². The summed E-state index contributed by atoms with van der Waals surface area (Å²) in [5, 5.41) is 10.0. The number of carboxylic acid groups (broad SMARTS) is 1. The average Bonchev–Trinajstić information content (AvgIpc) is 2.44. The van der Waals surface area contributed by atoms with Crippen molar-refractivity contribution in [2.45, 2.75) is 19.0 Å². The Bertz CT molecular complexity index is 742. The molecular weight excluding hydrogens is 294 g/mol. The molecule has 1 N–H and O–H groups in total. The van der Waals surface area contributed by atoms with E-state index in [4.69, 9.17) is 9.94 Å². The number of rotatable bonds is 5. The van der Waals surface area contributed by atoms with Crippen molar-refractivity contribution in [2.24, 2.45) is 5.92 Å². The molecule has 0 aliphatic carbocycles. The van der Waals surface area contributed by atoms with E-state index in [2.05, 4.69) is 9.97 Å². The Labute approximate surface area is 124 Å². The quantitative estimate of drug-likeness (QED) is 0.657. The second kappa shape index (κ2) is 6.13. The highest BCUT2D eigenvalue weighted by Gasteiger charge is 2.17. The van der Waals surface area contributed by atoms with Crippen LogP contribution >= 0.6 is 11.8 Å². The number of carboxylic acids is 1. The van der Waals surface area contributed by atoms with E-state index in [9.17, 15) is 9.59 Å². The third-order valence-electron chi connectivity index (χ3n) is 2.63. The van der Waals surface area contributed by atoms with Gasteiger partial charge in [-0.2, -0.15) is 0 Å². The van der Waals surface area contributed by atoms with Gasteiger partial charge in [0, 0.05) is 11.6 Å². The summed E-state index contributed by atoms with van der Waals surface area (Å²) in [6.07, 6.45) is 3.29. The van der Waals surface area contributed by atoms with Crippen LogP contribution in [0.25, 0.3) is 11.0 Å². The van der Waals surface area contributed by atoms with Crippen molar-refractivity contribution in [3.05, 3.63) is 28.2 Å². The molecule has 0 amide bonds. The smallest absolute Gasteiger partial charge is 0.341 e. The molecule has 0 bridgehead atoms. The van der Waals surface area contributed by atoms with Crippen molar-refractivity contribution < 1.29 is 14.7 Å². The number of nitrogens with zero attached hydrogens (tertiary/aromatic N) is 3. The molecule has 0 aliphatic heterocycles. The molecule has 7 nitrogen and oxygen atoms in total. The summed E-state index contributed by atoms with van der Waals surface area (Å²) in [7, 11) is 0. The van der Waals surface area contributed by atoms with Crippen LogP contribution in [0, 0.1) is 5.92 Å². The zero-order valence-electron chi connectivity index (χ0n) is 11.9. The molecule has 0 unspecified atom stereocenters. The van der Waals surface area contributed by atoms with Crippen LogP contribution in [0.4, 0.5) is 0 Å². The Balaban J connectivity index is 2.70. The zero-order valence-corrected chi connectivity index (χ0v) is 12.7. The molecule has 0 radical (unpaired) electrons. The van der Waals surface area contributed by atoms with Gasteiger partial charge in [0.1, 0.15) is 12.2 Å². The van der Waals surface area contributed by atoms with Gasteiger partial charge >= 0.3 is 5.97 Å². The number of aromatic carboxylic acids is 1. The molecule has 0 atom stereocenters. The first-order chi connectivity index (χ1) is 9.93. The molecule has 0 aromatic carbocycles. The molecule has 2 aromatic rings. The number of hydrogen-bond acceptors (Lipinski definition) is 6. The third kappa shape index (κ3) is 3.15. The van der Waals surface area contributed by atoms with Gasteiger partial charge in [0.25, 0.3) is 5.56 Å². The lowest BCUT2D eigenvalue weighted by molar-refractivity contribution is 0.0672. The number of hydrogen-bond donors (Lipinski definition) is 1. The highest BCUT2D eigenvalue weighted by atomic mass is 32.2. The van der Waals surface area contributed by atoms with Crippen LogP contribution in [0.2, 0.25) is 0 Å². The van der Waals surface area contributed by atoms with Crippen LogP contribution in [-0.2, 0) is 0 Å². The fraction of sp³-hybridized carbons (Fsp3) is 0.385. The maximum absolute atomic E-state index is 12.2. The number of carbonyl (C=O) groups is 1. The molecule has 2 rings (SSSR count). The number of aromatic nitrogens is 3. The van der Waals surface area contributed by atoms with Gasteiger partial charge in [-0.3, -0.25) is 4.79 Å². The van der Waals surface area contributed by atoms with Crippen LogP contribution in [0.3, 0.4) is 0 Å². The van der Waals surface area contributed by atoms with Gasteiger partial charge < -0.3 is 9.94 Å². The van der Waals surface area contributed by atoms with Gasteiger partial charge in [-0.15, -0.1) is 4.73 Å². The molecule has 8 heteroatoms. The van der Waals surface area contributed by atoms with Crippen LogP contribution in [0.1, 0.15) is 24.2 Å². The predicted octanol–water partition coefficient (Wildman–Crippen LogP) is 1.30. The monoisotopic (exact) mass is 309 g/mol. The predicted molar refractivity (Wildman–Crippen MR) is 78.8 cm³/mol. The van der Waals surface area contributed by atoms with Crippen molar-refractivity contribution >= 4 is 28.8 Å². The zero-order chi connectivity index (χ0) is 15.6. The average molecular weight is 309 g/mol. The molecule has 21 heavy (non-hydrogen) atoms. The first kappa shape index (κ1) is 15.3. The van der Waals surface area contributed by atoms with E-state index < -0.39 is 11.5 Å². The SMILES string of the molecule is CSc1ncc2cc(C(=O)O)c(=O)n(OCC(C)C)c2n1. The first-order valence-corrected chi connectivity index (χ1v) is 7.50. The Morgan fingerprint density at radius 2 is 2.24 bits per heavy atom. The van der Waals surface area contributed by atoms with Crippen LogP contribution < -0.4 is 10.4 Å². The molecule has 0 spiro atoms. The van der Waals surface area contributed by atoms with Gasteiger partial charge in [0.2, 0.25) is 0 Å². The summed E-state index contributed by atoms with van der Waals surface area (Å²) in [5.41, 5.74) is -0.835. The third-order valence-corrected chi connectivity index (χ3v) is 3.19. The van der Waals surface area contributed by atoms with Crippen molar-refractivity contribution in [1.82, 2.24) is 14.7 Å². The van der Waals surface area contributed by atoms with E-state index in [1.54, 1.807) is 0 Å². The second-order valence-electron chi connectivity index (χ2n) is 4.79. The van der Waals surface area contributed by atoms with Crippen LogP contribution in [0.5, 0.6) is 0 Å². The largest absolute Gasteiger partial charge is 0.477 e. The molecular formula is C13H15N3O4S. The van der Waals surface area contributed by atoms with E-state index in [1.165, 1.54) is 24.0 Å². The minimum absolute atomic E-state index is 0.183. The normalized spacial score (nSPS) is 11.0. The Hall–Kier alpha value is -2.09. The lowest BCUT2D eigenvalue weighted by Crippen LogP contribution is -2.33. The summed E-state index contributed by atoms with van der Waals surface area (Å²) in [5.74, 6) is -1.12. The van der Waals surface area contributed by atoms with E-state index >= 15 is 0 Å². The topological polar surface area (TPSA) is 94.3 Å². The maximum Gasteiger partial charge on any atom is 0.341 e. The van der Waals surface area contributed by atoms with Crippen molar-refractivity contribution in [3.63, 3.8) is 0 Å². The minimum Gasteiger partial charge on any atom is -0.477 e. The maximum atomic E-state index is 12.2. The van der Waals surface area contributed by atoms with E-state index in [0.29, 0.717) is 10.5 Å². The van der Waals surface area contributed by atoms with E-state index in [0.717, 1.165) is 4.73 Å². The van der Waals surface area contributed by atoms with Gasteiger partial charge in [0.15, 0.2) is 10.8 Å². The highest BCUT2D eigenvalue weighted by Crippen LogP contribution is 2.15. The second-order valence-corrected chi connectivity index (χ2v) is 5.56. The first-order valence-electron chi connectivity index (χ1n) is 6.27. The van der Waals surface area contributed by atoms with E-state index in [1.807, 2.05) is 20.1 Å². The number of pyridine rings is 1. The van der Waals surface area contributed by atoms with Gasteiger partial charge in [-0.25, -0.2) is 14.8 Å². The lowest BCUT2D eigenvalue weighted by Gasteiger charge is -2.13. The fourth-order valence-electron chi connectivity index (χ4n) is 1.65. The summed E-state index contributed by atoms with van der Waals surface area (Å²) in [4.78, 5) is 37.1. The summed E-state index contributed by atoms with van der Waals surface area (Å²) in [6.45, 7) is 4.13. The summed E-state index contributed by atoms with van der Waals surface area (Å²) < 4.78 is 0.945. The highest BCUT2D eigenvalue weighted by molar-refractivity contribution is 7.98. The lowest BCUT2D eigenvalue weighted by atomic mass is 10.2. The molecule has 0 saturated heterocycles. The summed E-state index contributed by atoms with van der Waals surface area (Å²) in [6, 6.07) is 1.26. The summed E-state index contributed by atoms with van der Waals surface area (Å²) >= 11 is 1.32. The Morgan fingerprint density at radius 3 is 2.81 bits per heavy atom. The van der Waals surface area contributed by atoms with Gasteiger partial charge in [-0.05, 0) is 18.2 Å². The standard InChI is InChI=1S/C13H15N3O4S/c1-7(2)6-20-16-10-8(5-14-13(15-10)21-3)4-9(11(16)17)12(18)19/h4-5,7H,6H2,1-3H3,(H,18,19). The molecule has 0 aliphatic rings.